The number of carbonyl (C=O) groups is 1. The van der Waals surface area contributed by atoms with Crippen LogP contribution < -0.4 is 5.32 Å². The molecule has 29 heavy (non-hydrogen) atoms. The Balaban J connectivity index is 0.000000298. The fourth-order valence-electron chi connectivity index (χ4n) is 2.85. The van der Waals surface area contributed by atoms with Crippen LogP contribution in [0.5, 0.6) is 0 Å². The Morgan fingerprint density at radius 1 is 1.24 bits per heavy atom. The third-order valence-corrected chi connectivity index (χ3v) is 4.27. The van der Waals surface area contributed by atoms with Crippen LogP contribution in [0, 0.1) is 11.3 Å². The van der Waals surface area contributed by atoms with Crippen LogP contribution in [-0.4, -0.2) is 33.9 Å². The molecule has 0 aliphatic carbocycles. The molecule has 0 spiro atoms. The molecule has 1 atom stereocenters. The van der Waals surface area contributed by atoms with Crippen molar-refractivity contribution in [2.45, 2.75) is 25.1 Å². The number of fused-ring (bicyclic) bond motifs is 1. The highest BCUT2D eigenvalue weighted by atomic mass is 19.4. The summed E-state index contributed by atoms with van der Waals surface area (Å²) in [5, 5.41) is 25.7. The average molecular weight is 404 g/mol. The highest BCUT2D eigenvalue weighted by Crippen LogP contribution is 2.27. The summed E-state index contributed by atoms with van der Waals surface area (Å²) >= 11 is 0. The molecule has 4 rings (SSSR count). The molecular formula is C19H15F3N4O3. The molecule has 1 saturated heterocycles. The summed E-state index contributed by atoms with van der Waals surface area (Å²) in [6.07, 6.45) is -2.90. The molecule has 1 aliphatic rings. The minimum absolute atomic E-state index is 0.197. The van der Waals surface area contributed by atoms with Crippen LogP contribution in [0.4, 0.5) is 13.2 Å². The standard InChI is InChI=1S/C17H14N4O.C2HF3O2/c18-10-11-3-4-12-5-6-13(9-14(12)8-11)17-20-16(21-22-17)15-2-1-7-19-15;3-2(4,5)1(6)7/h3-6,8-9,15,19H,1-2,7H2;(H,6,7). The van der Waals surface area contributed by atoms with Crippen molar-refractivity contribution in [3.8, 4) is 17.5 Å². The van der Waals surface area contributed by atoms with Gasteiger partial charge in [0.05, 0.1) is 17.7 Å². The quantitative estimate of drug-likeness (QED) is 0.668. The first-order chi connectivity index (χ1) is 13.8. The number of hydrogen-bond acceptors (Lipinski definition) is 6. The van der Waals surface area contributed by atoms with E-state index in [0.29, 0.717) is 11.5 Å². The maximum Gasteiger partial charge on any atom is 0.490 e. The number of carboxylic acids is 1. The molecule has 10 heteroatoms. The van der Waals surface area contributed by atoms with Gasteiger partial charge in [0.2, 0.25) is 0 Å². The average Bonchev–Trinajstić information content (AvgIpc) is 3.38. The van der Waals surface area contributed by atoms with E-state index in [9.17, 15) is 13.2 Å². The van der Waals surface area contributed by atoms with Gasteiger partial charge >= 0.3 is 12.1 Å². The lowest BCUT2D eigenvalue weighted by molar-refractivity contribution is -0.192. The minimum atomic E-state index is -5.08. The number of aromatic nitrogens is 2. The lowest BCUT2D eigenvalue weighted by Crippen LogP contribution is -2.21. The number of nitrogens with zero attached hydrogens (tertiary/aromatic N) is 3. The summed E-state index contributed by atoms with van der Waals surface area (Å²) in [6.45, 7) is 1.00. The number of carboxylic acid groups (broad SMARTS) is 1. The van der Waals surface area contributed by atoms with Crippen LogP contribution in [0.2, 0.25) is 0 Å². The Kier molecular flexibility index (Phi) is 5.79. The van der Waals surface area contributed by atoms with Crippen LogP contribution in [-0.2, 0) is 4.79 Å². The fraction of sp³-hybridized carbons (Fsp3) is 0.263. The molecule has 0 bridgehead atoms. The van der Waals surface area contributed by atoms with Gasteiger partial charge in [-0.25, -0.2) is 4.79 Å². The largest absolute Gasteiger partial charge is 0.490 e. The van der Waals surface area contributed by atoms with Gasteiger partial charge in [-0.2, -0.15) is 23.4 Å². The highest BCUT2D eigenvalue weighted by Gasteiger charge is 2.38. The Morgan fingerprint density at radius 2 is 1.97 bits per heavy atom. The van der Waals surface area contributed by atoms with E-state index in [2.05, 4.69) is 21.5 Å². The van der Waals surface area contributed by atoms with Crippen LogP contribution in [0.15, 0.2) is 40.9 Å². The van der Waals surface area contributed by atoms with Crippen molar-refractivity contribution in [3.63, 3.8) is 0 Å². The van der Waals surface area contributed by atoms with E-state index in [1.54, 1.807) is 0 Å². The molecule has 0 amide bonds. The lowest BCUT2D eigenvalue weighted by Gasteiger charge is -2.02. The summed E-state index contributed by atoms with van der Waals surface area (Å²) in [5.41, 5.74) is 1.52. The number of hydrogen-bond donors (Lipinski definition) is 2. The number of aliphatic carboxylic acids is 1. The molecule has 0 radical (unpaired) electrons. The molecule has 7 nitrogen and oxygen atoms in total. The van der Waals surface area contributed by atoms with E-state index in [1.165, 1.54) is 0 Å². The van der Waals surface area contributed by atoms with E-state index < -0.39 is 12.1 Å². The van der Waals surface area contributed by atoms with Crippen molar-refractivity contribution in [2.75, 3.05) is 6.54 Å². The Morgan fingerprint density at radius 3 is 2.59 bits per heavy atom. The molecule has 150 valence electrons. The lowest BCUT2D eigenvalue weighted by atomic mass is 10.0. The van der Waals surface area contributed by atoms with E-state index >= 15 is 0 Å². The first-order valence-electron chi connectivity index (χ1n) is 8.59. The summed E-state index contributed by atoms with van der Waals surface area (Å²) < 4.78 is 37.1. The van der Waals surface area contributed by atoms with Gasteiger partial charge in [-0.3, -0.25) is 0 Å². The van der Waals surface area contributed by atoms with Crippen LogP contribution in [0.3, 0.4) is 0 Å². The molecule has 3 aromatic rings. The van der Waals surface area contributed by atoms with Crippen molar-refractivity contribution >= 4 is 16.7 Å². The smallest absolute Gasteiger partial charge is 0.475 e. The predicted octanol–water partition coefficient (Wildman–Crippen LogP) is 3.82. The summed E-state index contributed by atoms with van der Waals surface area (Å²) in [5.74, 6) is -1.51. The van der Waals surface area contributed by atoms with E-state index in [0.717, 1.165) is 41.5 Å². The number of nitrogens with one attached hydrogen (secondary N) is 1. The Bertz CT molecular complexity index is 1070. The molecule has 1 fully saturated rings. The highest BCUT2D eigenvalue weighted by molar-refractivity contribution is 5.87. The van der Waals surface area contributed by atoms with E-state index in [4.69, 9.17) is 19.7 Å². The third kappa shape index (κ3) is 4.89. The molecule has 2 aromatic carbocycles. The normalized spacial score (nSPS) is 16.1. The van der Waals surface area contributed by atoms with Crippen LogP contribution >= 0.6 is 0 Å². The molecule has 2 heterocycles. The molecule has 2 N–H and O–H groups in total. The van der Waals surface area contributed by atoms with Gasteiger partial charge in [-0.05, 0) is 54.4 Å². The maximum atomic E-state index is 10.6. The second-order valence-corrected chi connectivity index (χ2v) is 6.30. The molecule has 1 unspecified atom stereocenters. The zero-order valence-electron chi connectivity index (χ0n) is 14.9. The Hall–Kier alpha value is -3.45. The predicted molar refractivity (Wildman–Crippen MR) is 95.6 cm³/mol. The fourth-order valence-corrected chi connectivity index (χ4v) is 2.85. The minimum Gasteiger partial charge on any atom is -0.475 e. The number of nitriles is 1. The molecule has 1 aliphatic heterocycles. The van der Waals surface area contributed by atoms with Gasteiger partial charge in [-0.1, -0.05) is 17.3 Å². The summed E-state index contributed by atoms with van der Waals surface area (Å²) in [7, 11) is 0. The summed E-state index contributed by atoms with van der Waals surface area (Å²) in [4.78, 5) is 13.4. The van der Waals surface area contributed by atoms with Gasteiger partial charge in [0.1, 0.15) is 0 Å². The van der Waals surface area contributed by atoms with Crippen LogP contribution in [0.1, 0.15) is 30.3 Å². The van der Waals surface area contributed by atoms with E-state index in [1.807, 2.05) is 36.4 Å². The second-order valence-electron chi connectivity index (χ2n) is 6.30. The molecular weight excluding hydrogens is 389 g/mol. The number of rotatable bonds is 2. The van der Waals surface area contributed by atoms with Crippen molar-refractivity contribution in [2.24, 2.45) is 0 Å². The van der Waals surface area contributed by atoms with Gasteiger partial charge in [0.15, 0.2) is 5.82 Å². The van der Waals surface area contributed by atoms with Crippen molar-refractivity contribution < 1.29 is 27.6 Å². The Labute approximate surface area is 162 Å². The second kappa shape index (κ2) is 8.28. The number of alkyl halides is 3. The van der Waals surface area contributed by atoms with Crippen molar-refractivity contribution in [3.05, 3.63) is 47.8 Å². The SMILES string of the molecule is N#Cc1ccc2ccc(-c3nc(C4CCCN4)no3)cc2c1.O=C(O)C(F)(F)F. The number of halogens is 3. The maximum absolute atomic E-state index is 10.6. The zero-order valence-corrected chi connectivity index (χ0v) is 14.9. The molecule has 1 aromatic heterocycles. The third-order valence-electron chi connectivity index (χ3n) is 4.27. The van der Waals surface area contributed by atoms with Crippen molar-refractivity contribution in [1.29, 1.82) is 5.26 Å². The monoisotopic (exact) mass is 404 g/mol. The zero-order chi connectivity index (χ0) is 21.0. The number of benzene rings is 2. The van der Waals surface area contributed by atoms with Gasteiger partial charge < -0.3 is 14.9 Å². The first kappa shape index (κ1) is 20.3. The van der Waals surface area contributed by atoms with Crippen molar-refractivity contribution in [1.82, 2.24) is 15.5 Å². The first-order valence-corrected chi connectivity index (χ1v) is 8.59. The van der Waals surface area contributed by atoms with Crippen LogP contribution in [0.25, 0.3) is 22.2 Å². The van der Waals surface area contributed by atoms with Gasteiger partial charge in [0.25, 0.3) is 5.89 Å². The van der Waals surface area contributed by atoms with E-state index in [-0.39, 0.29) is 6.04 Å². The molecule has 0 saturated carbocycles. The summed E-state index contributed by atoms with van der Waals surface area (Å²) in [6, 6.07) is 13.9. The van der Waals surface area contributed by atoms with Gasteiger partial charge in [-0.15, -0.1) is 0 Å². The topological polar surface area (TPSA) is 112 Å². The van der Waals surface area contributed by atoms with Gasteiger partial charge in [0, 0.05) is 5.56 Å².